The lowest BCUT2D eigenvalue weighted by Gasteiger charge is -2.24. The smallest absolute Gasteiger partial charge is 0.0585 e. The molecule has 0 N–H and O–H groups in total. The first-order valence-corrected chi connectivity index (χ1v) is 7.61. The predicted molar refractivity (Wildman–Crippen MR) is 82.9 cm³/mol. The maximum atomic E-state index is 6.46. The Bertz CT molecular complexity index is 391. The van der Waals surface area contributed by atoms with Gasteiger partial charge in [0.15, 0.2) is 0 Å². The highest BCUT2D eigenvalue weighted by Crippen LogP contribution is 2.37. The molecule has 0 aliphatic heterocycles. The summed E-state index contributed by atoms with van der Waals surface area (Å²) in [5.74, 6) is 0. The number of hydrogen-bond donors (Lipinski definition) is 0. The quantitative estimate of drug-likeness (QED) is 0.565. The molecule has 0 aliphatic carbocycles. The van der Waals surface area contributed by atoms with Crippen LogP contribution in [-0.4, -0.2) is 0 Å². The molecule has 1 rings (SSSR count). The van der Waals surface area contributed by atoms with Crippen molar-refractivity contribution in [2.45, 2.75) is 63.6 Å². The molecule has 0 aliphatic rings. The van der Waals surface area contributed by atoms with Crippen molar-refractivity contribution in [2.24, 2.45) is 0 Å². The second-order valence-electron chi connectivity index (χ2n) is 5.85. The summed E-state index contributed by atoms with van der Waals surface area (Å²) >= 11 is 12.9. The van der Waals surface area contributed by atoms with E-state index in [1.165, 1.54) is 16.7 Å². The number of benzene rings is 1. The third-order valence-corrected chi connectivity index (χ3v) is 4.43. The Kier molecular flexibility index (Phi) is 5.55. The minimum absolute atomic E-state index is 0.0510. The van der Waals surface area contributed by atoms with Gasteiger partial charge in [0.25, 0.3) is 0 Å². The average Bonchev–Trinajstić information content (AvgIpc) is 2.35. The van der Waals surface area contributed by atoms with Crippen molar-refractivity contribution < 1.29 is 0 Å². The maximum Gasteiger partial charge on any atom is 0.0585 e. The predicted octanol–water partition coefficient (Wildman–Crippen LogP) is 6.36. The first-order valence-electron chi connectivity index (χ1n) is 6.73. The van der Waals surface area contributed by atoms with Gasteiger partial charge in [-0.1, -0.05) is 52.8 Å². The van der Waals surface area contributed by atoms with Crippen LogP contribution in [0.1, 0.15) is 74.9 Å². The molecular weight excluding hydrogens is 263 g/mol. The van der Waals surface area contributed by atoms with Crippen molar-refractivity contribution in [3.05, 3.63) is 34.9 Å². The second-order valence-corrected chi connectivity index (χ2v) is 6.90. The third-order valence-electron chi connectivity index (χ3n) is 3.34. The van der Waals surface area contributed by atoms with E-state index in [2.05, 4.69) is 52.8 Å². The van der Waals surface area contributed by atoms with Gasteiger partial charge >= 0.3 is 0 Å². The molecule has 1 aromatic carbocycles. The largest absolute Gasteiger partial charge is 0.118 e. The average molecular weight is 287 g/mol. The number of halogens is 2. The lowest BCUT2D eigenvalue weighted by Crippen LogP contribution is -2.12. The van der Waals surface area contributed by atoms with Crippen LogP contribution >= 0.6 is 23.2 Å². The van der Waals surface area contributed by atoms with Gasteiger partial charge in [-0.05, 0) is 34.9 Å². The highest BCUT2D eigenvalue weighted by Gasteiger charge is 2.20. The molecule has 0 radical (unpaired) electrons. The van der Waals surface area contributed by atoms with Crippen LogP contribution in [0.2, 0.25) is 0 Å². The Morgan fingerprint density at radius 3 is 1.89 bits per heavy atom. The van der Waals surface area contributed by atoms with Crippen molar-refractivity contribution >= 4 is 23.2 Å². The summed E-state index contributed by atoms with van der Waals surface area (Å²) in [7, 11) is 0. The number of hydrogen-bond acceptors (Lipinski definition) is 0. The molecule has 0 aromatic heterocycles. The topological polar surface area (TPSA) is 0 Å². The van der Waals surface area contributed by atoms with Crippen LogP contribution in [0.15, 0.2) is 18.2 Å². The van der Waals surface area contributed by atoms with Gasteiger partial charge < -0.3 is 0 Å². The molecule has 0 fully saturated rings. The third kappa shape index (κ3) is 3.65. The zero-order valence-electron chi connectivity index (χ0n) is 12.1. The molecule has 0 spiro atoms. The molecule has 2 heteroatoms. The lowest BCUT2D eigenvalue weighted by molar-refractivity contribution is 0.588. The fraction of sp³-hybridized carbons (Fsp3) is 0.625. The summed E-state index contributed by atoms with van der Waals surface area (Å²) < 4.78 is 0. The molecule has 0 heterocycles. The Morgan fingerprint density at radius 1 is 0.944 bits per heavy atom. The van der Waals surface area contributed by atoms with Gasteiger partial charge in [-0.3, -0.25) is 0 Å². The van der Waals surface area contributed by atoms with Gasteiger partial charge in [-0.15, -0.1) is 23.2 Å². The minimum atomic E-state index is 0.0510. The van der Waals surface area contributed by atoms with Gasteiger partial charge in [-0.25, -0.2) is 0 Å². The van der Waals surface area contributed by atoms with Crippen molar-refractivity contribution in [3.8, 4) is 0 Å². The lowest BCUT2D eigenvalue weighted by atomic mass is 9.84. The molecule has 102 valence electrons. The van der Waals surface area contributed by atoms with Gasteiger partial charge in [0.1, 0.15) is 0 Å². The second kappa shape index (κ2) is 6.30. The van der Waals surface area contributed by atoms with Crippen LogP contribution in [0, 0.1) is 0 Å². The van der Waals surface area contributed by atoms with Crippen LogP contribution in [0.25, 0.3) is 0 Å². The Hall–Kier alpha value is -0.200. The van der Waals surface area contributed by atoms with Crippen molar-refractivity contribution in [2.75, 3.05) is 0 Å². The molecule has 18 heavy (non-hydrogen) atoms. The van der Waals surface area contributed by atoms with E-state index in [1.807, 2.05) is 0 Å². The van der Waals surface area contributed by atoms with Crippen LogP contribution in [-0.2, 0) is 5.41 Å². The molecular formula is C16H24Cl2. The van der Waals surface area contributed by atoms with E-state index in [4.69, 9.17) is 23.2 Å². The zero-order valence-corrected chi connectivity index (χ0v) is 13.6. The fourth-order valence-corrected chi connectivity index (χ4v) is 2.43. The van der Waals surface area contributed by atoms with E-state index in [0.29, 0.717) is 0 Å². The fourth-order valence-electron chi connectivity index (χ4n) is 2.04. The molecule has 2 atom stereocenters. The number of alkyl halides is 2. The standard InChI is InChI=1S/C16H24Cl2/c1-6-14(17)12-9-8-11(16(3,4)5)10-13(12)15(18)7-2/h8-10,14-15H,6-7H2,1-5H3. The van der Waals surface area contributed by atoms with Crippen molar-refractivity contribution in [1.29, 1.82) is 0 Å². The number of rotatable bonds is 4. The Balaban J connectivity index is 3.29. The SMILES string of the molecule is CCC(Cl)c1ccc(C(C)(C)C)cc1C(Cl)CC. The van der Waals surface area contributed by atoms with E-state index >= 15 is 0 Å². The molecule has 0 nitrogen and oxygen atoms in total. The van der Waals surface area contributed by atoms with Gasteiger partial charge in [0.2, 0.25) is 0 Å². The molecule has 1 aromatic rings. The van der Waals surface area contributed by atoms with Gasteiger partial charge in [-0.2, -0.15) is 0 Å². The monoisotopic (exact) mass is 286 g/mol. The summed E-state index contributed by atoms with van der Waals surface area (Å²) in [4.78, 5) is 0. The Morgan fingerprint density at radius 2 is 1.44 bits per heavy atom. The molecule has 2 unspecified atom stereocenters. The van der Waals surface area contributed by atoms with E-state index in [9.17, 15) is 0 Å². The summed E-state index contributed by atoms with van der Waals surface area (Å²) in [6, 6.07) is 6.58. The molecule has 0 amide bonds. The maximum absolute atomic E-state index is 6.46. The van der Waals surface area contributed by atoms with Crippen LogP contribution in [0.4, 0.5) is 0 Å². The van der Waals surface area contributed by atoms with E-state index in [0.717, 1.165) is 12.8 Å². The summed E-state index contributed by atoms with van der Waals surface area (Å²) in [5, 5.41) is 0.108. The summed E-state index contributed by atoms with van der Waals surface area (Å²) in [5.41, 5.74) is 3.86. The van der Waals surface area contributed by atoms with Crippen LogP contribution in [0.3, 0.4) is 0 Å². The normalized spacial score (nSPS) is 15.5. The summed E-state index contributed by atoms with van der Waals surface area (Å²) in [6.45, 7) is 10.9. The van der Waals surface area contributed by atoms with E-state index in [1.54, 1.807) is 0 Å². The first kappa shape index (κ1) is 15.9. The minimum Gasteiger partial charge on any atom is -0.118 e. The van der Waals surface area contributed by atoms with Gasteiger partial charge in [0, 0.05) is 0 Å². The molecule has 0 saturated carbocycles. The highest BCUT2D eigenvalue weighted by atomic mass is 35.5. The van der Waals surface area contributed by atoms with E-state index in [-0.39, 0.29) is 16.2 Å². The van der Waals surface area contributed by atoms with Gasteiger partial charge in [0.05, 0.1) is 10.8 Å². The Labute approximate surface area is 122 Å². The zero-order chi connectivity index (χ0) is 13.9. The molecule has 0 bridgehead atoms. The van der Waals surface area contributed by atoms with Crippen molar-refractivity contribution in [1.82, 2.24) is 0 Å². The molecule has 0 saturated heterocycles. The van der Waals surface area contributed by atoms with Crippen molar-refractivity contribution in [3.63, 3.8) is 0 Å². The van der Waals surface area contributed by atoms with Crippen LogP contribution in [0.5, 0.6) is 0 Å². The van der Waals surface area contributed by atoms with E-state index < -0.39 is 0 Å². The van der Waals surface area contributed by atoms with Crippen LogP contribution < -0.4 is 0 Å². The highest BCUT2D eigenvalue weighted by molar-refractivity contribution is 6.22. The first-order chi connectivity index (χ1) is 8.31. The summed E-state index contributed by atoms with van der Waals surface area (Å²) in [6.07, 6.45) is 1.85.